The van der Waals surface area contributed by atoms with E-state index in [1.54, 1.807) is 6.07 Å². The second-order valence-electron chi connectivity index (χ2n) is 4.15. The van der Waals surface area contributed by atoms with Crippen molar-refractivity contribution in [3.8, 4) is 11.5 Å². The van der Waals surface area contributed by atoms with Crippen molar-refractivity contribution in [3.63, 3.8) is 0 Å². The van der Waals surface area contributed by atoms with Crippen LogP contribution in [0.1, 0.15) is 5.56 Å². The number of nitrogen functional groups attached to an aromatic ring is 1. The van der Waals surface area contributed by atoms with E-state index in [-0.39, 0.29) is 0 Å². The molecule has 1 heterocycles. The zero-order valence-electron chi connectivity index (χ0n) is 9.77. The highest BCUT2D eigenvalue weighted by Gasteiger charge is 2.13. The molecule has 90 valence electrons. The molecule has 4 heteroatoms. The van der Waals surface area contributed by atoms with Crippen molar-refractivity contribution in [1.82, 2.24) is 4.98 Å². The van der Waals surface area contributed by atoms with Crippen LogP contribution in [-0.4, -0.2) is 4.98 Å². The molecule has 0 radical (unpaired) electrons. The maximum atomic E-state index is 6.26. The molecule has 0 atom stereocenters. The van der Waals surface area contributed by atoms with Gasteiger partial charge in [0.1, 0.15) is 5.52 Å². The van der Waals surface area contributed by atoms with Gasteiger partial charge in [0.05, 0.1) is 16.3 Å². The summed E-state index contributed by atoms with van der Waals surface area (Å²) in [5.41, 5.74) is 9.58. The molecule has 3 nitrogen and oxygen atoms in total. The molecule has 18 heavy (non-hydrogen) atoms. The molecule has 2 aromatic carbocycles. The van der Waals surface area contributed by atoms with Gasteiger partial charge in [-0.25, -0.2) is 4.98 Å². The molecule has 1 aromatic heterocycles. The third-order valence-electron chi connectivity index (χ3n) is 2.87. The summed E-state index contributed by atoms with van der Waals surface area (Å²) < 4.78 is 5.70. The van der Waals surface area contributed by atoms with Gasteiger partial charge in [0.25, 0.3) is 0 Å². The lowest BCUT2D eigenvalue weighted by Crippen LogP contribution is -1.86. The van der Waals surface area contributed by atoms with Gasteiger partial charge in [-0.2, -0.15) is 0 Å². The summed E-state index contributed by atoms with van der Waals surface area (Å²) in [5.74, 6) is 0.497. The summed E-state index contributed by atoms with van der Waals surface area (Å²) in [7, 11) is 0. The van der Waals surface area contributed by atoms with Gasteiger partial charge in [-0.15, -0.1) is 0 Å². The average Bonchev–Trinajstić information content (AvgIpc) is 2.78. The second kappa shape index (κ2) is 4.03. The minimum Gasteiger partial charge on any atom is -0.436 e. The van der Waals surface area contributed by atoms with E-state index in [2.05, 4.69) is 4.98 Å². The van der Waals surface area contributed by atoms with E-state index in [1.165, 1.54) is 0 Å². The van der Waals surface area contributed by atoms with Crippen LogP contribution in [0.4, 0.5) is 5.69 Å². The third-order valence-corrected chi connectivity index (χ3v) is 3.37. The van der Waals surface area contributed by atoms with Crippen molar-refractivity contribution < 1.29 is 4.42 Å². The zero-order chi connectivity index (χ0) is 12.7. The molecule has 2 N–H and O–H groups in total. The van der Waals surface area contributed by atoms with Crippen LogP contribution >= 0.6 is 11.6 Å². The molecule has 0 aliphatic rings. The number of anilines is 1. The van der Waals surface area contributed by atoms with E-state index in [4.69, 9.17) is 21.8 Å². The largest absolute Gasteiger partial charge is 0.436 e. The molecule has 0 unspecified atom stereocenters. The molecule has 0 saturated heterocycles. The monoisotopic (exact) mass is 258 g/mol. The number of hydrogen-bond acceptors (Lipinski definition) is 3. The van der Waals surface area contributed by atoms with Gasteiger partial charge >= 0.3 is 0 Å². The maximum Gasteiger partial charge on any atom is 0.228 e. The predicted octanol–water partition coefficient (Wildman–Crippen LogP) is 4.04. The van der Waals surface area contributed by atoms with Gasteiger partial charge in [0.15, 0.2) is 5.58 Å². The molecule has 0 saturated carbocycles. The minimum atomic E-state index is 0.497. The Labute approximate surface area is 109 Å². The SMILES string of the molecule is Cc1cccc(-c2nc3c(N)cccc3o2)c1Cl. The van der Waals surface area contributed by atoms with Gasteiger partial charge in [0, 0.05) is 0 Å². The fraction of sp³-hybridized carbons (Fsp3) is 0.0714. The smallest absolute Gasteiger partial charge is 0.228 e. The minimum absolute atomic E-state index is 0.497. The van der Waals surface area contributed by atoms with Gasteiger partial charge < -0.3 is 10.2 Å². The first-order valence-electron chi connectivity index (χ1n) is 5.57. The standard InChI is InChI=1S/C14H11ClN2O/c1-8-4-2-5-9(12(8)15)14-17-13-10(16)6-3-7-11(13)18-14/h2-7H,16H2,1H3. The van der Waals surface area contributed by atoms with E-state index >= 15 is 0 Å². The molecular weight excluding hydrogens is 248 g/mol. The van der Waals surface area contributed by atoms with Crippen LogP contribution in [-0.2, 0) is 0 Å². The van der Waals surface area contributed by atoms with Crippen molar-refractivity contribution >= 4 is 28.4 Å². The molecule has 0 spiro atoms. The van der Waals surface area contributed by atoms with Crippen LogP contribution < -0.4 is 5.73 Å². The molecule has 0 fully saturated rings. The van der Waals surface area contributed by atoms with Gasteiger partial charge in [-0.1, -0.05) is 29.8 Å². The van der Waals surface area contributed by atoms with Crippen molar-refractivity contribution in [2.24, 2.45) is 0 Å². The highest BCUT2D eigenvalue weighted by atomic mass is 35.5. The first-order chi connectivity index (χ1) is 8.66. The van der Waals surface area contributed by atoms with Crippen molar-refractivity contribution in [3.05, 3.63) is 47.0 Å². The Morgan fingerprint density at radius 2 is 1.94 bits per heavy atom. The third kappa shape index (κ3) is 1.64. The van der Waals surface area contributed by atoms with Crippen LogP contribution in [0, 0.1) is 6.92 Å². The van der Waals surface area contributed by atoms with E-state index in [0.717, 1.165) is 11.1 Å². The molecule has 0 aliphatic carbocycles. The topological polar surface area (TPSA) is 52.0 Å². The van der Waals surface area contributed by atoms with Crippen molar-refractivity contribution in [2.75, 3.05) is 5.73 Å². The lowest BCUT2D eigenvalue weighted by Gasteiger charge is -2.01. The Kier molecular flexibility index (Phi) is 2.49. The molecular formula is C14H11ClN2O. The number of nitrogens with zero attached hydrogens (tertiary/aromatic N) is 1. The predicted molar refractivity (Wildman–Crippen MR) is 73.6 cm³/mol. The van der Waals surface area contributed by atoms with Crippen LogP contribution in [0.5, 0.6) is 0 Å². The quantitative estimate of drug-likeness (QED) is 0.670. The summed E-state index contributed by atoms with van der Waals surface area (Å²) in [4.78, 5) is 4.41. The number of oxazole rings is 1. The normalized spacial score (nSPS) is 11.0. The van der Waals surface area contributed by atoms with E-state index in [0.29, 0.717) is 27.7 Å². The Bertz CT molecular complexity index is 734. The number of nitrogens with two attached hydrogens (primary N) is 1. The first-order valence-corrected chi connectivity index (χ1v) is 5.95. The zero-order valence-corrected chi connectivity index (χ0v) is 10.5. The van der Waals surface area contributed by atoms with Crippen LogP contribution in [0.15, 0.2) is 40.8 Å². The highest BCUT2D eigenvalue weighted by molar-refractivity contribution is 6.33. The van der Waals surface area contributed by atoms with Gasteiger partial charge in [-0.05, 0) is 30.7 Å². The maximum absolute atomic E-state index is 6.26. The highest BCUT2D eigenvalue weighted by Crippen LogP contribution is 2.33. The number of rotatable bonds is 1. The number of hydrogen-bond donors (Lipinski definition) is 1. The Balaban J connectivity index is 2.26. The number of halogens is 1. The fourth-order valence-electron chi connectivity index (χ4n) is 1.90. The molecule has 3 rings (SSSR count). The van der Waals surface area contributed by atoms with Crippen LogP contribution in [0.2, 0.25) is 5.02 Å². The van der Waals surface area contributed by atoms with E-state index < -0.39 is 0 Å². The number of para-hydroxylation sites is 1. The van der Waals surface area contributed by atoms with Gasteiger partial charge in [0.2, 0.25) is 5.89 Å². The van der Waals surface area contributed by atoms with E-state index in [9.17, 15) is 0 Å². The number of aromatic nitrogens is 1. The lowest BCUT2D eigenvalue weighted by molar-refractivity contribution is 0.620. The van der Waals surface area contributed by atoms with Crippen molar-refractivity contribution in [2.45, 2.75) is 6.92 Å². The van der Waals surface area contributed by atoms with Crippen molar-refractivity contribution in [1.29, 1.82) is 0 Å². The summed E-state index contributed by atoms with van der Waals surface area (Å²) in [6.45, 7) is 1.95. The summed E-state index contributed by atoms with van der Waals surface area (Å²) >= 11 is 6.26. The first kappa shape index (κ1) is 11.1. The Morgan fingerprint density at radius 1 is 1.17 bits per heavy atom. The van der Waals surface area contributed by atoms with E-state index in [1.807, 2.05) is 37.3 Å². The summed E-state index contributed by atoms with van der Waals surface area (Å²) in [6.07, 6.45) is 0. The van der Waals surface area contributed by atoms with Crippen LogP contribution in [0.25, 0.3) is 22.6 Å². The summed E-state index contributed by atoms with van der Waals surface area (Å²) in [6, 6.07) is 11.2. The molecule has 0 aliphatic heterocycles. The molecule has 0 bridgehead atoms. The Morgan fingerprint density at radius 3 is 2.72 bits per heavy atom. The lowest BCUT2D eigenvalue weighted by atomic mass is 10.1. The molecule has 3 aromatic rings. The number of aryl methyl sites for hydroxylation is 1. The fourth-order valence-corrected chi connectivity index (χ4v) is 2.10. The summed E-state index contributed by atoms with van der Waals surface area (Å²) in [5, 5.41) is 0.655. The van der Waals surface area contributed by atoms with Gasteiger partial charge in [-0.3, -0.25) is 0 Å². The van der Waals surface area contributed by atoms with Crippen LogP contribution in [0.3, 0.4) is 0 Å². The number of benzene rings is 2. The number of fused-ring (bicyclic) bond motifs is 1. The second-order valence-corrected chi connectivity index (χ2v) is 4.53. The average molecular weight is 259 g/mol. The molecule has 0 amide bonds. The Hall–Kier alpha value is -2.00.